The first kappa shape index (κ1) is 23.3. The molecule has 172 valence electrons. The van der Waals surface area contributed by atoms with Crippen LogP contribution in [0.4, 0.5) is 5.00 Å². The second-order valence-electron chi connectivity index (χ2n) is 8.42. The molecule has 2 aliphatic rings. The molecular formula is C25H31BrN2O3S. The van der Waals surface area contributed by atoms with Crippen LogP contribution in [-0.2, 0) is 12.8 Å². The van der Waals surface area contributed by atoms with Gasteiger partial charge in [-0.15, -0.1) is 11.3 Å². The number of carbonyl (C=O) groups is 1. The van der Waals surface area contributed by atoms with E-state index in [0.29, 0.717) is 18.1 Å². The zero-order chi connectivity index (χ0) is 22.5. The smallest absolute Gasteiger partial charge is 0.254 e. The van der Waals surface area contributed by atoms with Crippen LogP contribution in [0.25, 0.3) is 0 Å². The molecule has 7 heteroatoms. The number of aliphatic imine (C=N–C) groups is 1. The Hall–Kier alpha value is -1.86. The van der Waals surface area contributed by atoms with Gasteiger partial charge < -0.3 is 14.8 Å². The van der Waals surface area contributed by atoms with E-state index in [-0.39, 0.29) is 11.9 Å². The van der Waals surface area contributed by atoms with Crippen LogP contribution in [0.2, 0.25) is 0 Å². The van der Waals surface area contributed by atoms with E-state index in [9.17, 15) is 4.79 Å². The van der Waals surface area contributed by atoms with Gasteiger partial charge in [-0.2, -0.15) is 0 Å². The maximum absolute atomic E-state index is 13.3. The molecule has 32 heavy (non-hydrogen) atoms. The van der Waals surface area contributed by atoms with Crippen molar-refractivity contribution in [3.05, 3.63) is 38.2 Å². The number of methoxy groups -OCH3 is 1. The molecule has 1 amide bonds. The number of benzene rings is 1. The maximum atomic E-state index is 13.3. The monoisotopic (exact) mass is 518 g/mol. The molecule has 1 saturated carbocycles. The van der Waals surface area contributed by atoms with Crippen molar-refractivity contribution in [1.82, 2.24) is 5.32 Å². The van der Waals surface area contributed by atoms with Gasteiger partial charge in [0.25, 0.3) is 5.91 Å². The number of halogens is 1. The molecule has 0 bridgehead atoms. The molecule has 0 saturated heterocycles. The van der Waals surface area contributed by atoms with Gasteiger partial charge in [0.2, 0.25) is 0 Å². The number of hydrogen-bond donors (Lipinski definition) is 1. The Balaban J connectivity index is 1.65. The van der Waals surface area contributed by atoms with Crippen molar-refractivity contribution in [2.45, 2.75) is 70.8 Å². The number of carbonyl (C=O) groups excluding carboxylic acids is 1. The predicted octanol–water partition coefficient (Wildman–Crippen LogP) is 6.61. The van der Waals surface area contributed by atoms with E-state index in [0.717, 1.165) is 52.7 Å². The molecule has 0 spiro atoms. The Labute approximate surface area is 202 Å². The van der Waals surface area contributed by atoms with E-state index in [2.05, 4.69) is 21.2 Å². The standard InChI is InChI=1S/C25H31BrN2O3S/c1-3-31-21-13-16(19(26)14-20(21)30-2)15-27-25-23(18-11-7-8-12-22(18)32-25)24(29)28-17-9-5-4-6-10-17/h13-15,17H,3-12H2,1-2H3,(H,28,29). The van der Waals surface area contributed by atoms with Crippen molar-refractivity contribution >= 4 is 44.4 Å². The highest BCUT2D eigenvalue weighted by atomic mass is 79.9. The van der Waals surface area contributed by atoms with Crippen molar-refractivity contribution in [2.75, 3.05) is 13.7 Å². The summed E-state index contributed by atoms with van der Waals surface area (Å²) in [6.07, 6.45) is 12.0. The Morgan fingerprint density at radius 2 is 1.97 bits per heavy atom. The Morgan fingerprint density at radius 3 is 2.72 bits per heavy atom. The van der Waals surface area contributed by atoms with Gasteiger partial charge in [0.05, 0.1) is 19.3 Å². The van der Waals surface area contributed by atoms with Crippen LogP contribution in [0.5, 0.6) is 11.5 Å². The minimum absolute atomic E-state index is 0.0484. The van der Waals surface area contributed by atoms with Crippen LogP contribution in [-0.4, -0.2) is 31.9 Å². The first-order chi connectivity index (χ1) is 15.6. The van der Waals surface area contributed by atoms with E-state index in [4.69, 9.17) is 14.5 Å². The van der Waals surface area contributed by atoms with Gasteiger partial charge >= 0.3 is 0 Å². The normalized spacial score (nSPS) is 16.7. The predicted molar refractivity (Wildman–Crippen MR) is 134 cm³/mol. The molecule has 1 heterocycles. The molecule has 0 atom stereocenters. The van der Waals surface area contributed by atoms with E-state index < -0.39 is 0 Å². The summed E-state index contributed by atoms with van der Waals surface area (Å²) in [6, 6.07) is 4.10. The number of nitrogens with one attached hydrogen (secondary N) is 1. The average Bonchev–Trinajstić information content (AvgIpc) is 3.18. The molecule has 5 nitrogen and oxygen atoms in total. The van der Waals surface area contributed by atoms with Crippen LogP contribution < -0.4 is 14.8 Å². The van der Waals surface area contributed by atoms with E-state index in [1.807, 2.05) is 25.3 Å². The lowest BCUT2D eigenvalue weighted by molar-refractivity contribution is 0.0927. The Morgan fingerprint density at radius 1 is 1.19 bits per heavy atom. The molecule has 0 aliphatic heterocycles. The topological polar surface area (TPSA) is 59.9 Å². The van der Waals surface area contributed by atoms with Crippen LogP contribution in [0.1, 0.15) is 78.2 Å². The van der Waals surface area contributed by atoms with Gasteiger partial charge in [0.15, 0.2) is 11.5 Å². The van der Waals surface area contributed by atoms with Crippen molar-refractivity contribution < 1.29 is 14.3 Å². The fourth-order valence-electron chi connectivity index (χ4n) is 4.59. The van der Waals surface area contributed by atoms with Gasteiger partial charge in [0.1, 0.15) is 5.00 Å². The molecule has 2 aromatic rings. The minimum Gasteiger partial charge on any atom is -0.493 e. The van der Waals surface area contributed by atoms with Crippen LogP contribution >= 0.6 is 27.3 Å². The fraction of sp³-hybridized carbons (Fsp3) is 0.520. The summed E-state index contributed by atoms with van der Waals surface area (Å²) >= 11 is 5.28. The lowest BCUT2D eigenvalue weighted by Crippen LogP contribution is -2.36. The summed E-state index contributed by atoms with van der Waals surface area (Å²) in [5.74, 6) is 1.41. The molecule has 2 aliphatic carbocycles. The van der Waals surface area contributed by atoms with Crippen LogP contribution in [0.3, 0.4) is 0 Å². The molecule has 0 unspecified atom stereocenters. The highest BCUT2D eigenvalue weighted by molar-refractivity contribution is 9.10. The fourth-order valence-corrected chi connectivity index (χ4v) is 6.24. The SMILES string of the molecule is CCOc1cc(C=Nc2sc3c(c2C(=O)NC2CCCCC2)CCCC3)c(Br)cc1OC. The van der Waals surface area contributed by atoms with Crippen molar-refractivity contribution in [3.63, 3.8) is 0 Å². The maximum Gasteiger partial charge on any atom is 0.254 e. The van der Waals surface area contributed by atoms with Crippen molar-refractivity contribution in [1.29, 1.82) is 0 Å². The largest absolute Gasteiger partial charge is 0.493 e. The molecule has 4 rings (SSSR count). The lowest BCUT2D eigenvalue weighted by atomic mass is 9.93. The summed E-state index contributed by atoms with van der Waals surface area (Å²) in [7, 11) is 1.63. The summed E-state index contributed by atoms with van der Waals surface area (Å²) in [5, 5.41) is 4.12. The van der Waals surface area contributed by atoms with E-state index >= 15 is 0 Å². The number of thiophene rings is 1. The zero-order valence-corrected chi connectivity index (χ0v) is 21.2. The molecular weight excluding hydrogens is 488 g/mol. The summed E-state index contributed by atoms with van der Waals surface area (Å²) in [5.41, 5.74) is 2.89. The minimum atomic E-state index is 0.0484. The number of aryl methyl sites for hydroxylation is 1. The first-order valence-electron chi connectivity index (χ1n) is 11.6. The summed E-state index contributed by atoms with van der Waals surface area (Å²) in [4.78, 5) is 19.5. The lowest BCUT2D eigenvalue weighted by Gasteiger charge is -2.23. The number of rotatable bonds is 7. The zero-order valence-electron chi connectivity index (χ0n) is 18.8. The second-order valence-corrected chi connectivity index (χ2v) is 10.4. The van der Waals surface area contributed by atoms with Gasteiger partial charge in [-0.1, -0.05) is 19.3 Å². The average molecular weight is 520 g/mol. The number of fused-ring (bicyclic) bond motifs is 1. The summed E-state index contributed by atoms with van der Waals surface area (Å²) < 4.78 is 12.0. The van der Waals surface area contributed by atoms with E-state index in [1.165, 1.54) is 36.1 Å². The van der Waals surface area contributed by atoms with Gasteiger partial charge in [-0.3, -0.25) is 4.79 Å². The summed E-state index contributed by atoms with van der Waals surface area (Å²) in [6.45, 7) is 2.50. The Bertz CT molecular complexity index is 996. The highest BCUT2D eigenvalue weighted by Gasteiger charge is 2.27. The van der Waals surface area contributed by atoms with Crippen molar-refractivity contribution in [3.8, 4) is 11.5 Å². The quantitative estimate of drug-likeness (QED) is 0.419. The van der Waals surface area contributed by atoms with Crippen molar-refractivity contribution in [2.24, 2.45) is 4.99 Å². The highest BCUT2D eigenvalue weighted by Crippen LogP contribution is 2.40. The third kappa shape index (κ3) is 5.20. The molecule has 1 fully saturated rings. The molecule has 1 aromatic heterocycles. The second kappa shape index (κ2) is 10.8. The number of ether oxygens (including phenoxy) is 2. The number of amides is 1. The first-order valence-corrected chi connectivity index (χ1v) is 13.2. The third-order valence-corrected chi connectivity index (χ3v) is 8.11. The molecule has 0 radical (unpaired) electrons. The Kier molecular flexibility index (Phi) is 7.89. The van der Waals surface area contributed by atoms with Gasteiger partial charge in [0, 0.05) is 27.2 Å². The molecule has 1 aromatic carbocycles. The van der Waals surface area contributed by atoms with Gasteiger partial charge in [-0.25, -0.2) is 4.99 Å². The van der Waals surface area contributed by atoms with Gasteiger partial charge in [-0.05, 0) is 79.1 Å². The third-order valence-electron chi connectivity index (χ3n) is 6.22. The molecule has 1 N–H and O–H groups in total. The van der Waals surface area contributed by atoms with Crippen LogP contribution in [0, 0.1) is 0 Å². The van der Waals surface area contributed by atoms with Crippen LogP contribution in [0.15, 0.2) is 21.6 Å². The number of nitrogens with zero attached hydrogens (tertiary/aromatic N) is 1. The van der Waals surface area contributed by atoms with E-state index in [1.54, 1.807) is 18.4 Å². The number of hydrogen-bond acceptors (Lipinski definition) is 5.